The van der Waals surface area contributed by atoms with Crippen LogP contribution in [-0.4, -0.2) is 23.9 Å². The number of hydrogen-bond acceptors (Lipinski definition) is 3. The number of carbonyl (C=O) groups excluding carboxylic acids is 2. The van der Waals surface area contributed by atoms with Gasteiger partial charge in [0.05, 0.1) is 19.2 Å². The van der Waals surface area contributed by atoms with Crippen LogP contribution in [0, 0.1) is 0 Å². The molecule has 134 valence electrons. The van der Waals surface area contributed by atoms with Gasteiger partial charge in [0, 0.05) is 23.1 Å². The van der Waals surface area contributed by atoms with Gasteiger partial charge < -0.3 is 9.64 Å². The van der Waals surface area contributed by atoms with Crippen molar-refractivity contribution in [2.75, 3.05) is 7.11 Å². The van der Waals surface area contributed by atoms with Crippen LogP contribution < -0.4 is 0 Å². The van der Waals surface area contributed by atoms with Gasteiger partial charge in [0.1, 0.15) is 0 Å². The molecule has 26 heavy (non-hydrogen) atoms. The van der Waals surface area contributed by atoms with E-state index in [-0.39, 0.29) is 18.2 Å². The Balaban J connectivity index is 2.03. The van der Waals surface area contributed by atoms with Gasteiger partial charge in [0.2, 0.25) is 5.91 Å². The lowest BCUT2D eigenvalue weighted by Gasteiger charge is -2.34. The molecule has 1 unspecified atom stereocenters. The number of nitrogens with zero attached hydrogens (tertiary/aromatic N) is 1. The van der Waals surface area contributed by atoms with E-state index in [1.807, 2.05) is 42.5 Å². The number of halogens is 1. The summed E-state index contributed by atoms with van der Waals surface area (Å²) < 4.78 is 5.01. The van der Waals surface area contributed by atoms with Gasteiger partial charge in [-0.05, 0) is 30.2 Å². The van der Waals surface area contributed by atoms with Crippen LogP contribution in [0.5, 0.6) is 0 Å². The minimum Gasteiger partial charge on any atom is -0.466 e. The van der Waals surface area contributed by atoms with Crippen LogP contribution in [0.1, 0.15) is 30.4 Å². The molecule has 0 fully saturated rings. The zero-order chi connectivity index (χ0) is 18.7. The molecule has 0 aliphatic carbocycles. The molecule has 0 radical (unpaired) electrons. The Kier molecular flexibility index (Phi) is 5.43. The maximum Gasteiger partial charge on any atom is 0.336 e. The standard InChI is InChI=1S/C21H20ClNO3/c1-14-20(21(25)26-2)18(16-9-6-10-17(22)11-16)12-19(24)23(14)13-15-7-4-3-5-8-15/h3-11,18H,12-13H2,1-2H3. The number of benzene rings is 2. The van der Waals surface area contributed by atoms with Crippen molar-refractivity contribution in [2.45, 2.75) is 25.8 Å². The topological polar surface area (TPSA) is 46.6 Å². The van der Waals surface area contributed by atoms with Crippen molar-refractivity contribution in [3.63, 3.8) is 0 Å². The Morgan fingerprint density at radius 3 is 2.58 bits per heavy atom. The number of ether oxygens (including phenoxy) is 1. The fourth-order valence-electron chi connectivity index (χ4n) is 3.35. The molecule has 1 aliphatic heterocycles. The highest BCUT2D eigenvalue weighted by molar-refractivity contribution is 6.30. The summed E-state index contributed by atoms with van der Waals surface area (Å²) in [6.45, 7) is 2.22. The van der Waals surface area contributed by atoms with Crippen molar-refractivity contribution in [3.8, 4) is 0 Å². The summed E-state index contributed by atoms with van der Waals surface area (Å²) in [5.74, 6) is -0.803. The average molecular weight is 370 g/mol. The van der Waals surface area contributed by atoms with Gasteiger partial charge in [-0.2, -0.15) is 0 Å². The first kappa shape index (κ1) is 18.2. The zero-order valence-electron chi connectivity index (χ0n) is 14.7. The van der Waals surface area contributed by atoms with Crippen LogP contribution in [0.3, 0.4) is 0 Å². The Hall–Kier alpha value is -2.59. The van der Waals surface area contributed by atoms with Crippen molar-refractivity contribution in [1.82, 2.24) is 4.90 Å². The van der Waals surface area contributed by atoms with Gasteiger partial charge in [-0.3, -0.25) is 4.79 Å². The average Bonchev–Trinajstić information content (AvgIpc) is 2.65. The smallest absolute Gasteiger partial charge is 0.336 e. The molecule has 4 nitrogen and oxygen atoms in total. The quantitative estimate of drug-likeness (QED) is 0.755. The maximum atomic E-state index is 12.8. The molecule has 0 N–H and O–H groups in total. The van der Waals surface area contributed by atoms with Crippen molar-refractivity contribution in [1.29, 1.82) is 0 Å². The van der Waals surface area contributed by atoms with Gasteiger partial charge in [-0.15, -0.1) is 0 Å². The Bertz CT molecular complexity index is 861. The molecule has 1 heterocycles. The highest BCUT2D eigenvalue weighted by Crippen LogP contribution is 2.38. The number of carbonyl (C=O) groups is 2. The molecule has 1 aliphatic rings. The lowest BCUT2D eigenvalue weighted by Crippen LogP contribution is -2.37. The van der Waals surface area contributed by atoms with Crippen LogP contribution in [0.25, 0.3) is 0 Å². The molecule has 0 saturated heterocycles. The fraction of sp³-hybridized carbons (Fsp3) is 0.238. The molecular weight excluding hydrogens is 350 g/mol. The molecule has 3 rings (SSSR count). The van der Waals surface area contributed by atoms with E-state index in [0.717, 1.165) is 11.1 Å². The first-order valence-corrected chi connectivity index (χ1v) is 8.78. The monoisotopic (exact) mass is 369 g/mol. The van der Waals surface area contributed by atoms with E-state index in [1.54, 1.807) is 24.0 Å². The molecule has 0 saturated carbocycles. The summed E-state index contributed by atoms with van der Waals surface area (Å²) in [6, 6.07) is 17.0. The molecule has 1 amide bonds. The highest BCUT2D eigenvalue weighted by atomic mass is 35.5. The van der Waals surface area contributed by atoms with Gasteiger partial charge in [0.25, 0.3) is 0 Å². The summed E-state index contributed by atoms with van der Waals surface area (Å²) in [5, 5.41) is 0.573. The van der Waals surface area contributed by atoms with E-state index >= 15 is 0 Å². The number of amides is 1. The molecule has 2 aromatic rings. The number of esters is 1. The van der Waals surface area contributed by atoms with Gasteiger partial charge >= 0.3 is 5.97 Å². The Morgan fingerprint density at radius 2 is 1.92 bits per heavy atom. The van der Waals surface area contributed by atoms with Crippen molar-refractivity contribution >= 4 is 23.5 Å². The largest absolute Gasteiger partial charge is 0.466 e. The molecular formula is C21H20ClNO3. The van der Waals surface area contributed by atoms with Gasteiger partial charge in [-0.1, -0.05) is 54.1 Å². The molecule has 1 atom stereocenters. The van der Waals surface area contributed by atoms with Gasteiger partial charge in [-0.25, -0.2) is 4.79 Å². The summed E-state index contributed by atoms with van der Waals surface area (Å²) >= 11 is 6.11. The number of hydrogen-bond donors (Lipinski definition) is 0. The summed E-state index contributed by atoms with van der Waals surface area (Å²) in [6.07, 6.45) is 0.203. The maximum absolute atomic E-state index is 12.8. The number of allylic oxidation sites excluding steroid dienone is 1. The predicted molar refractivity (Wildman–Crippen MR) is 101 cm³/mol. The van der Waals surface area contributed by atoms with E-state index in [2.05, 4.69) is 0 Å². The van der Waals surface area contributed by atoms with Crippen molar-refractivity contribution in [3.05, 3.63) is 82.0 Å². The minimum atomic E-state index is -0.418. The predicted octanol–water partition coefficient (Wildman–Crippen LogP) is 4.30. The zero-order valence-corrected chi connectivity index (χ0v) is 15.5. The summed E-state index contributed by atoms with van der Waals surface area (Å²) in [7, 11) is 1.36. The van der Waals surface area contributed by atoms with Crippen LogP contribution in [-0.2, 0) is 20.9 Å². The molecule has 0 bridgehead atoms. The first-order valence-electron chi connectivity index (χ1n) is 8.40. The normalized spacial score (nSPS) is 17.4. The minimum absolute atomic E-state index is 0.0241. The number of methoxy groups -OCH3 is 1. The third-order valence-corrected chi connectivity index (χ3v) is 4.90. The van der Waals surface area contributed by atoms with E-state index in [0.29, 0.717) is 22.8 Å². The van der Waals surface area contributed by atoms with E-state index in [1.165, 1.54) is 7.11 Å². The summed E-state index contributed by atoms with van der Waals surface area (Å²) in [5.41, 5.74) is 2.97. The van der Waals surface area contributed by atoms with Crippen molar-refractivity contribution < 1.29 is 14.3 Å². The van der Waals surface area contributed by atoms with Crippen LogP contribution in [0.4, 0.5) is 0 Å². The second kappa shape index (κ2) is 7.75. The van der Waals surface area contributed by atoms with E-state index < -0.39 is 5.97 Å². The lowest BCUT2D eigenvalue weighted by molar-refractivity contribution is -0.138. The third kappa shape index (κ3) is 3.65. The molecule has 2 aromatic carbocycles. The van der Waals surface area contributed by atoms with E-state index in [9.17, 15) is 9.59 Å². The van der Waals surface area contributed by atoms with Crippen LogP contribution in [0.15, 0.2) is 65.9 Å². The SMILES string of the molecule is COC(=O)C1=C(C)N(Cc2ccccc2)C(=O)CC1c1cccc(Cl)c1. The number of rotatable bonds is 4. The Labute approximate surface area is 158 Å². The van der Waals surface area contributed by atoms with Crippen molar-refractivity contribution in [2.24, 2.45) is 0 Å². The molecule has 5 heteroatoms. The highest BCUT2D eigenvalue weighted by Gasteiger charge is 2.36. The lowest BCUT2D eigenvalue weighted by atomic mass is 9.83. The van der Waals surface area contributed by atoms with E-state index in [4.69, 9.17) is 16.3 Å². The van der Waals surface area contributed by atoms with Crippen LogP contribution in [0.2, 0.25) is 5.02 Å². The van der Waals surface area contributed by atoms with Gasteiger partial charge in [0.15, 0.2) is 0 Å². The Morgan fingerprint density at radius 1 is 1.19 bits per heavy atom. The third-order valence-electron chi connectivity index (χ3n) is 4.66. The first-order chi connectivity index (χ1) is 12.5. The second-order valence-electron chi connectivity index (χ2n) is 6.27. The molecule has 0 spiro atoms. The fourth-order valence-corrected chi connectivity index (χ4v) is 3.55. The summed E-state index contributed by atoms with van der Waals surface area (Å²) in [4.78, 5) is 27.0. The molecule has 0 aromatic heterocycles. The van der Waals surface area contributed by atoms with Crippen LogP contribution >= 0.6 is 11.6 Å². The second-order valence-corrected chi connectivity index (χ2v) is 6.70.